The molecule has 0 aliphatic carbocycles. The number of amides is 2. The van der Waals surface area contributed by atoms with Crippen LogP contribution in [0.4, 0.5) is 5.69 Å². The highest BCUT2D eigenvalue weighted by Gasteiger charge is 2.38. The molecule has 0 spiro atoms. The highest BCUT2D eigenvalue weighted by molar-refractivity contribution is 6.36. The van der Waals surface area contributed by atoms with Gasteiger partial charge in [0.2, 0.25) is 0 Å². The molecule has 7 nitrogen and oxygen atoms in total. The first kappa shape index (κ1) is 22.4. The minimum absolute atomic E-state index is 0.260. The Balaban J connectivity index is 1.92. The summed E-state index contributed by atoms with van der Waals surface area (Å²) in [4.78, 5) is 27.6. The molecule has 7 heteroatoms. The number of nitrogens with zero attached hydrogens (tertiary/aromatic N) is 1. The maximum absolute atomic E-state index is 13.2. The minimum Gasteiger partial charge on any atom is -0.494 e. The summed E-state index contributed by atoms with van der Waals surface area (Å²) in [5, 5.41) is 3.15. The molecule has 0 saturated carbocycles. The van der Waals surface area contributed by atoms with Crippen LogP contribution in [0.25, 0.3) is 5.57 Å². The predicted molar refractivity (Wildman–Crippen MR) is 119 cm³/mol. The Kier molecular flexibility index (Phi) is 7.67. The second-order valence-corrected chi connectivity index (χ2v) is 6.90. The van der Waals surface area contributed by atoms with Crippen molar-refractivity contribution in [3.05, 3.63) is 59.8 Å². The topological polar surface area (TPSA) is 77.1 Å². The van der Waals surface area contributed by atoms with Crippen LogP contribution in [0.2, 0.25) is 0 Å². The molecule has 1 heterocycles. The molecule has 0 bridgehead atoms. The van der Waals surface area contributed by atoms with E-state index in [-0.39, 0.29) is 17.5 Å². The van der Waals surface area contributed by atoms with Crippen LogP contribution in [-0.2, 0) is 14.3 Å². The van der Waals surface area contributed by atoms with Crippen molar-refractivity contribution in [2.75, 3.05) is 38.8 Å². The molecule has 1 aliphatic heterocycles. The van der Waals surface area contributed by atoms with Crippen LogP contribution >= 0.6 is 0 Å². The smallest absolute Gasteiger partial charge is 0.278 e. The molecule has 3 rings (SSSR count). The Morgan fingerprint density at radius 3 is 1.97 bits per heavy atom. The Labute approximate surface area is 182 Å². The van der Waals surface area contributed by atoms with E-state index in [9.17, 15) is 9.59 Å². The Morgan fingerprint density at radius 2 is 1.42 bits per heavy atom. The van der Waals surface area contributed by atoms with Crippen molar-refractivity contribution in [1.82, 2.24) is 4.90 Å². The van der Waals surface area contributed by atoms with Gasteiger partial charge >= 0.3 is 0 Å². The zero-order valence-electron chi connectivity index (χ0n) is 18.1. The maximum Gasteiger partial charge on any atom is 0.278 e. The van der Waals surface area contributed by atoms with Crippen molar-refractivity contribution in [2.24, 2.45) is 0 Å². The maximum atomic E-state index is 13.2. The third-order valence-electron chi connectivity index (χ3n) is 4.79. The highest BCUT2D eigenvalue weighted by Crippen LogP contribution is 2.32. The van der Waals surface area contributed by atoms with Crippen molar-refractivity contribution in [3.8, 4) is 11.5 Å². The lowest BCUT2D eigenvalue weighted by Crippen LogP contribution is -2.33. The molecule has 2 amide bonds. The average molecular weight is 424 g/mol. The first-order valence-electron chi connectivity index (χ1n) is 10.4. The molecular formula is C24H28N2O5. The number of imide groups is 1. The van der Waals surface area contributed by atoms with Crippen LogP contribution in [-0.4, -0.2) is 50.2 Å². The molecule has 0 aromatic heterocycles. The average Bonchev–Trinajstić information content (AvgIpc) is 3.00. The van der Waals surface area contributed by atoms with Crippen molar-refractivity contribution in [3.63, 3.8) is 0 Å². The third-order valence-corrected chi connectivity index (χ3v) is 4.79. The summed E-state index contributed by atoms with van der Waals surface area (Å²) in [6, 6.07) is 14.5. The van der Waals surface area contributed by atoms with Gasteiger partial charge in [-0.25, -0.2) is 0 Å². The van der Waals surface area contributed by atoms with Crippen LogP contribution in [0.3, 0.4) is 0 Å². The zero-order chi connectivity index (χ0) is 22.2. The van der Waals surface area contributed by atoms with Crippen LogP contribution < -0.4 is 14.8 Å². The van der Waals surface area contributed by atoms with Crippen molar-refractivity contribution in [2.45, 2.75) is 20.3 Å². The van der Waals surface area contributed by atoms with Crippen LogP contribution in [0.5, 0.6) is 11.5 Å². The number of hydrogen-bond acceptors (Lipinski definition) is 6. The van der Waals surface area contributed by atoms with Gasteiger partial charge in [-0.3, -0.25) is 14.5 Å². The van der Waals surface area contributed by atoms with Gasteiger partial charge in [0.1, 0.15) is 17.2 Å². The van der Waals surface area contributed by atoms with Crippen LogP contribution in [0.15, 0.2) is 54.2 Å². The second-order valence-electron chi connectivity index (χ2n) is 6.90. The van der Waals surface area contributed by atoms with Gasteiger partial charge in [-0.1, -0.05) is 12.1 Å². The van der Waals surface area contributed by atoms with E-state index >= 15 is 0 Å². The lowest BCUT2D eigenvalue weighted by molar-refractivity contribution is -0.136. The number of benzene rings is 2. The molecule has 2 aromatic rings. The molecule has 0 unspecified atom stereocenters. The summed E-state index contributed by atoms with van der Waals surface area (Å²) in [6.07, 6.45) is 0.570. The van der Waals surface area contributed by atoms with E-state index in [0.717, 1.165) is 5.75 Å². The number of carbonyl (C=O) groups is 2. The molecule has 31 heavy (non-hydrogen) atoms. The standard InChI is InChI=1S/C24H28N2O5/c1-4-30-19-11-7-17(8-12-19)21-22(24(28)26(23(21)27)15-6-16-29-3)25-18-9-13-20(14-10-18)31-5-2/h7-14,25H,4-6,15-16H2,1-3H3. The first-order chi connectivity index (χ1) is 15.1. The van der Waals surface area contributed by atoms with Crippen molar-refractivity contribution in [1.29, 1.82) is 0 Å². The third kappa shape index (κ3) is 5.24. The van der Waals surface area contributed by atoms with Gasteiger partial charge in [0.15, 0.2) is 0 Å². The van der Waals surface area contributed by atoms with Gasteiger partial charge in [-0.2, -0.15) is 0 Å². The predicted octanol–water partition coefficient (Wildman–Crippen LogP) is 3.71. The molecule has 1 N–H and O–H groups in total. The lowest BCUT2D eigenvalue weighted by Gasteiger charge is -2.15. The normalized spacial score (nSPS) is 13.7. The van der Waals surface area contributed by atoms with Crippen LogP contribution in [0, 0.1) is 0 Å². The molecule has 2 aromatic carbocycles. The van der Waals surface area contributed by atoms with E-state index in [1.54, 1.807) is 31.4 Å². The SMILES string of the molecule is CCOc1ccc(NC2=C(c3ccc(OCC)cc3)C(=O)N(CCCOC)C2=O)cc1. The molecular weight excluding hydrogens is 396 g/mol. The molecule has 0 radical (unpaired) electrons. The molecule has 0 atom stereocenters. The van der Waals surface area contributed by atoms with Gasteiger partial charge in [0, 0.05) is 25.9 Å². The number of rotatable bonds is 11. The number of carbonyl (C=O) groups excluding carboxylic acids is 2. The van der Waals surface area contributed by atoms with E-state index in [1.165, 1.54) is 4.90 Å². The summed E-state index contributed by atoms with van der Waals surface area (Å²) in [6.45, 7) is 5.71. The van der Waals surface area contributed by atoms with Gasteiger partial charge < -0.3 is 19.5 Å². The fraction of sp³-hybridized carbons (Fsp3) is 0.333. The monoisotopic (exact) mass is 424 g/mol. The lowest BCUT2D eigenvalue weighted by atomic mass is 10.0. The van der Waals surface area contributed by atoms with Gasteiger partial charge in [-0.15, -0.1) is 0 Å². The largest absolute Gasteiger partial charge is 0.494 e. The summed E-state index contributed by atoms with van der Waals surface area (Å²) in [7, 11) is 1.59. The summed E-state index contributed by atoms with van der Waals surface area (Å²) < 4.78 is 16.0. The number of anilines is 1. The number of ether oxygens (including phenoxy) is 3. The van der Waals surface area contributed by atoms with E-state index < -0.39 is 0 Å². The van der Waals surface area contributed by atoms with Crippen LogP contribution in [0.1, 0.15) is 25.8 Å². The Hall–Kier alpha value is -3.32. The Morgan fingerprint density at radius 1 is 0.839 bits per heavy atom. The van der Waals surface area contributed by atoms with Gasteiger partial charge in [0.25, 0.3) is 11.8 Å². The highest BCUT2D eigenvalue weighted by atomic mass is 16.5. The van der Waals surface area contributed by atoms with Gasteiger partial charge in [0.05, 0.1) is 18.8 Å². The number of hydrogen-bond donors (Lipinski definition) is 1. The molecule has 0 saturated heterocycles. The zero-order valence-corrected chi connectivity index (χ0v) is 18.1. The van der Waals surface area contributed by atoms with E-state index in [2.05, 4.69) is 5.32 Å². The van der Waals surface area contributed by atoms with E-state index in [1.807, 2.05) is 38.1 Å². The minimum atomic E-state index is -0.348. The summed E-state index contributed by atoms with van der Waals surface area (Å²) >= 11 is 0. The fourth-order valence-electron chi connectivity index (χ4n) is 3.36. The molecule has 164 valence electrons. The molecule has 0 fully saturated rings. The number of nitrogens with one attached hydrogen (secondary N) is 1. The number of methoxy groups -OCH3 is 1. The first-order valence-corrected chi connectivity index (χ1v) is 10.4. The van der Waals surface area contributed by atoms with E-state index in [4.69, 9.17) is 14.2 Å². The van der Waals surface area contributed by atoms with Crippen molar-refractivity contribution < 1.29 is 23.8 Å². The quantitative estimate of drug-likeness (QED) is 0.438. The summed E-state index contributed by atoms with van der Waals surface area (Å²) in [5.74, 6) is 0.781. The Bertz CT molecular complexity index is 935. The fourth-order valence-corrected chi connectivity index (χ4v) is 3.36. The van der Waals surface area contributed by atoms with Gasteiger partial charge in [-0.05, 0) is 62.2 Å². The second kappa shape index (κ2) is 10.6. The molecule has 1 aliphatic rings. The van der Waals surface area contributed by atoms with Crippen molar-refractivity contribution >= 4 is 23.1 Å². The summed E-state index contributed by atoms with van der Waals surface area (Å²) in [5.41, 5.74) is 1.96. The van der Waals surface area contributed by atoms with E-state index in [0.29, 0.717) is 55.4 Å².